The molecule has 0 aliphatic carbocycles. The summed E-state index contributed by atoms with van der Waals surface area (Å²) >= 11 is 5.86. The number of halogens is 2. The molecule has 0 aromatic heterocycles. The molecule has 1 atom stereocenters. The van der Waals surface area contributed by atoms with Crippen LogP contribution in [0.25, 0.3) is 0 Å². The first kappa shape index (κ1) is 24.8. The first-order valence-corrected chi connectivity index (χ1v) is 8.82. The second-order valence-corrected chi connectivity index (χ2v) is 6.54. The number of nitrogens with zero attached hydrogens (tertiary/aromatic N) is 3. The predicted octanol–water partition coefficient (Wildman–Crippen LogP) is 3.10. The van der Waals surface area contributed by atoms with Crippen LogP contribution in [0.2, 0.25) is 5.02 Å². The van der Waals surface area contributed by atoms with Gasteiger partial charge < -0.3 is 19.9 Å². The number of amides is 1. The summed E-state index contributed by atoms with van der Waals surface area (Å²) in [4.78, 5) is 19.7. The molecule has 0 bridgehead atoms. The second-order valence-electron chi connectivity index (χ2n) is 6.11. The highest BCUT2D eigenvalue weighted by atomic mass is 127. The minimum atomic E-state index is -0.0331. The van der Waals surface area contributed by atoms with Crippen molar-refractivity contribution in [3.63, 3.8) is 0 Å². The molecule has 0 radical (unpaired) electrons. The zero-order valence-corrected chi connectivity index (χ0v) is 19.2. The van der Waals surface area contributed by atoms with Crippen molar-refractivity contribution in [1.82, 2.24) is 15.1 Å². The molecule has 0 spiro atoms. The number of ether oxygens (including phenoxy) is 1. The van der Waals surface area contributed by atoms with Gasteiger partial charge in [0.25, 0.3) is 0 Å². The van der Waals surface area contributed by atoms with Crippen molar-refractivity contribution in [2.75, 3.05) is 40.8 Å². The van der Waals surface area contributed by atoms with E-state index in [2.05, 4.69) is 24.2 Å². The molecule has 6 nitrogen and oxygen atoms in total. The molecule has 0 saturated carbocycles. The van der Waals surface area contributed by atoms with E-state index >= 15 is 0 Å². The Hall–Kier alpha value is -1.22. The van der Waals surface area contributed by atoms with Gasteiger partial charge in [0.2, 0.25) is 5.91 Å². The molecular weight excluding hydrogens is 467 g/mol. The van der Waals surface area contributed by atoms with Gasteiger partial charge in [0.1, 0.15) is 18.9 Å². The van der Waals surface area contributed by atoms with E-state index in [1.54, 1.807) is 26.2 Å². The molecule has 0 saturated heterocycles. The van der Waals surface area contributed by atoms with Crippen molar-refractivity contribution in [3.05, 3.63) is 29.3 Å². The summed E-state index contributed by atoms with van der Waals surface area (Å²) in [5.41, 5.74) is 0. The average Bonchev–Trinajstić information content (AvgIpc) is 2.59. The monoisotopic (exact) mass is 496 g/mol. The van der Waals surface area contributed by atoms with E-state index in [0.29, 0.717) is 24.1 Å². The third-order valence-electron chi connectivity index (χ3n) is 3.72. The van der Waals surface area contributed by atoms with Crippen LogP contribution in [0.5, 0.6) is 5.75 Å². The standard InChI is InChI=1S/C18H29ClN4O2.HI/c1-6-14(2)21-18(20-13-17(24)22(3)4)23(5)11-12-25-16-9-7-15(19)8-10-16;/h7-10,14H,6,11-13H2,1-5H3,(H,20,21);1H. The van der Waals surface area contributed by atoms with Crippen molar-refractivity contribution in [2.45, 2.75) is 26.3 Å². The summed E-state index contributed by atoms with van der Waals surface area (Å²) in [6.45, 7) is 5.45. The summed E-state index contributed by atoms with van der Waals surface area (Å²) in [5, 5.41) is 4.03. The molecule has 8 heteroatoms. The minimum absolute atomic E-state index is 0. The fourth-order valence-electron chi connectivity index (χ4n) is 1.82. The minimum Gasteiger partial charge on any atom is -0.492 e. The number of hydrogen-bond acceptors (Lipinski definition) is 3. The lowest BCUT2D eigenvalue weighted by Crippen LogP contribution is -2.45. The summed E-state index contributed by atoms with van der Waals surface area (Å²) in [6.07, 6.45) is 0.968. The molecule has 0 aliphatic heterocycles. The molecule has 1 unspecified atom stereocenters. The second kappa shape index (κ2) is 13.0. The van der Waals surface area contributed by atoms with Crippen LogP contribution in [0.15, 0.2) is 29.3 Å². The van der Waals surface area contributed by atoms with Gasteiger partial charge in [0.05, 0.1) is 6.54 Å². The van der Waals surface area contributed by atoms with E-state index in [9.17, 15) is 4.79 Å². The van der Waals surface area contributed by atoms with Crippen LogP contribution in [0.3, 0.4) is 0 Å². The van der Waals surface area contributed by atoms with Gasteiger partial charge in [-0.1, -0.05) is 18.5 Å². The summed E-state index contributed by atoms with van der Waals surface area (Å²) in [6, 6.07) is 7.54. The van der Waals surface area contributed by atoms with Gasteiger partial charge >= 0.3 is 0 Å². The van der Waals surface area contributed by atoms with Crippen molar-refractivity contribution in [2.24, 2.45) is 4.99 Å². The van der Waals surface area contributed by atoms with Crippen LogP contribution in [0.1, 0.15) is 20.3 Å². The van der Waals surface area contributed by atoms with Crippen molar-refractivity contribution >= 4 is 47.4 Å². The van der Waals surface area contributed by atoms with Crippen LogP contribution in [0.4, 0.5) is 0 Å². The van der Waals surface area contributed by atoms with Gasteiger partial charge in [0.15, 0.2) is 5.96 Å². The lowest BCUT2D eigenvalue weighted by atomic mass is 10.3. The van der Waals surface area contributed by atoms with E-state index in [1.165, 1.54) is 4.90 Å². The number of likely N-dealkylation sites (N-methyl/N-ethyl adjacent to an activating group) is 2. The molecular formula is C18H30ClIN4O2. The summed E-state index contributed by atoms with van der Waals surface area (Å²) < 4.78 is 5.72. The molecule has 148 valence electrons. The van der Waals surface area contributed by atoms with Gasteiger partial charge in [0, 0.05) is 32.2 Å². The number of carbonyl (C=O) groups is 1. The molecule has 0 aliphatic rings. The molecule has 1 amide bonds. The number of rotatable bonds is 8. The van der Waals surface area contributed by atoms with Crippen LogP contribution < -0.4 is 10.1 Å². The predicted molar refractivity (Wildman–Crippen MR) is 119 cm³/mol. The Morgan fingerprint density at radius 2 is 1.88 bits per heavy atom. The Morgan fingerprint density at radius 3 is 2.42 bits per heavy atom. The highest BCUT2D eigenvalue weighted by molar-refractivity contribution is 14.0. The number of nitrogens with one attached hydrogen (secondary N) is 1. The number of benzene rings is 1. The molecule has 1 N–H and O–H groups in total. The molecule has 1 rings (SSSR count). The number of guanidine groups is 1. The topological polar surface area (TPSA) is 57.2 Å². The van der Waals surface area contributed by atoms with Gasteiger partial charge in [-0.25, -0.2) is 4.99 Å². The van der Waals surface area contributed by atoms with Gasteiger partial charge in [-0.15, -0.1) is 24.0 Å². The Morgan fingerprint density at radius 1 is 1.27 bits per heavy atom. The third kappa shape index (κ3) is 9.47. The lowest BCUT2D eigenvalue weighted by Gasteiger charge is -2.25. The molecule has 26 heavy (non-hydrogen) atoms. The smallest absolute Gasteiger partial charge is 0.243 e. The Balaban J connectivity index is 0.00000625. The SMILES string of the molecule is CCC(C)NC(=NCC(=O)N(C)C)N(C)CCOc1ccc(Cl)cc1.I. The van der Waals surface area contributed by atoms with E-state index in [0.717, 1.165) is 12.2 Å². The maximum atomic E-state index is 11.8. The number of hydrogen-bond donors (Lipinski definition) is 1. The fraction of sp³-hybridized carbons (Fsp3) is 0.556. The molecule has 1 aromatic carbocycles. The van der Waals surface area contributed by atoms with Crippen molar-refractivity contribution < 1.29 is 9.53 Å². The lowest BCUT2D eigenvalue weighted by molar-refractivity contribution is -0.127. The highest BCUT2D eigenvalue weighted by Crippen LogP contribution is 2.15. The Labute approximate surface area is 178 Å². The number of carbonyl (C=O) groups excluding carboxylic acids is 1. The average molecular weight is 497 g/mol. The molecule has 0 heterocycles. The largest absolute Gasteiger partial charge is 0.492 e. The van der Waals surface area contributed by atoms with Crippen LogP contribution in [-0.4, -0.2) is 68.5 Å². The Bertz CT molecular complexity index is 567. The van der Waals surface area contributed by atoms with Crippen LogP contribution >= 0.6 is 35.6 Å². The van der Waals surface area contributed by atoms with E-state index in [-0.39, 0.29) is 42.5 Å². The highest BCUT2D eigenvalue weighted by Gasteiger charge is 2.11. The molecule has 0 fully saturated rings. The van der Waals surface area contributed by atoms with E-state index < -0.39 is 0 Å². The zero-order valence-electron chi connectivity index (χ0n) is 16.2. The summed E-state index contributed by atoms with van der Waals surface area (Å²) in [7, 11) is 5.38. The maximum Gasteiger partial charge on any atom is 0.243 e. The first-order chi connectivity index (χ1) is 11.8. The quantitative estimate of drug-likeness (QED) is 0.341. The first-order valence-electron chi connectivity index (χ1n) is 8.44. The van der Waals surface area contributed by atoms with E-state index in [4.69, 9.17) is 16.3 Å². The third-order valence-corrected chi connectivity index (χ3v) is 3.97. The fourth-order valence-corrected chi connectivity index (χ4v) is 1.95. The van der Waals surface area contributed by atoms with Crippen LogP contribution in [-0.2, 0) is 4.79 Å². The normalized spacial score (nSPS) is 12.0. The van der Waals surface area contributed by atoms with Crippen LogP contribution in [0, 0.1) is 0 Å². The van der Waals surface area contributed by atoms with Crippen molar-refractivity contribution in [1.29, 1.82) is 0 Å². The number of aliphatic imine (C=N–C) groups is 1. The van der Waals surface area contributed by atoms with Gasteiger partial charge in [-0.2, -0.15) is 0 Å². The van der Waals surface area contributed by atoms with Gasteiger partial charge in [-0.05, 0) is 37.6 Å². The van der Waals surface area contributed by atoms with Crippen molar-refractivity contribution in [3.8, 4) is 5.75 Å². The van der Waals surface area contributed by atoms with E-state index in [1.807, 2.05) is 24.1 Å². The van der Waals surface area contributed by atoms with Gasteiger partial charge in [-0.3, -0.25) is 4.79 Å². The summed E-state index contributed by atoms with van der Waals surface area (Å²) in [5.74, 6) is 1.44. The molecule has 1 aromatic rings. The Kier molecular flexibility index (Phi) is 12.4. The zero-order chi connectivity index (χ0) is 18.8. The maximum absolute atomic E-state index is 11.8.